The van der Waals surface area contributed by atoms with E-state index < -0.39 is 10.0 Å². The van der Waals surface area contributed by atoms with E-state index in [-0.39, 0.29) is 4.90 Å². The number of primary sulfonamides is 1. The summed E-state index contributed by atoms with van der Waals surface area (Å²) in [5, 5.41) is 5.82. The third kappa shape index (κ3) is 3.49. The predicted molar refractivity (Wildman–Crippen MR) is 92.7 cm³/mol. The van der Waals surface area contributed by atoms with E-state index in [1.807, 2.05) is 0 Å². The summed E-state index contributed by atoms with van der Waals surface area (Å²) in [5.41, 5.74) is 0.677. The SMILES string of the molecule is COc1cc2nccc(Oc3ccc(S(N)(=O)=O)cc3)c2cc1OC. The van der Waals surface area contributed by atoms with Crippen LogP contribution in [0.25, 0.3) is 10.9 Å². The molecule has 130 valence electrons. The summed E-state index contributed by atoms with van der Waals surface area (Å²) in [5.74, 6) is 2.14. The molecular formula is C17H16N2O5S. The summed E-state index contributed by atoms with van der Waals surface area (Å²) in [6.45, 7) is 0. The molecule has 0 atom stereocenters. The Morgan fingerprint density at radius 3 is 2.16 bits per heavy atom. The zero-order valence-electron chi connectivity index (χ0n) is 13.6. The molecule has 1 heterocycles. The highest BCUT2D eigenvalue weighted by Gasteiger charge is 2.12. The smallest absolute Gasteiger partial charge is 0.238 e. The van der Waals surface area contributed by atoms with Crippen LogP contribution in [0.3, 0.4) is 0 Å². The number of nitrogens with zero attached hydrogens (tertiary/aromatic N) is 1. The zero-order valence-corrected chi connectivity index (χ0v) is 14.4. The molecule has 0 spiro atoms. The van der Waals surface area contributed by atoms with Gasteiger partial charge >= 0.3 is 0 Å². The molecule has 0 amide bonds. The molecular weight excluding hydrogens is 344 g/mol. The molecule has 1 aromatic heterocycles. The Labute approximate surface area is 145 Å². The van der Waals surface area contributed by atoms with Crippen molar-refractivity contribution in [2.75, 3.05) is 14.2 Å². The lowest BCUT2D eigenvalue weighted by Gasteiger charge is -2.12. The Hall–Kier alpha value is -2.84. The molecule has 0 aliphatic rings. The minimum Gasteiger partial charge on any atom is -0.493 e. The van der Waals surface area contributed by atoms with Crippen LogP contribution in [0.15, 0.2) is 53.6 Å². The third-order valence-corrected chi connectivity index (χ3v) is 4.52. The first-order chi connectivity index (χ1) is 11.9. The molecule has 0 aliphatic heterocycles. The van der Waals surface area contributed by atoms with Gasteiger partial charge in [-0.25, -0.2) is 13.6 Å². The van der Waals surface area contributed by atoms with E-state index in [0.717, 1.165) is 5.39 Å². The van der Waals surface area contributed by atoms with Gasteiger partial charge < -0.3 is 14.2 Å². The quantitative estimate of drug-likeness (QED) is 0.751. The standard InChI is InChI=1S/C17H16N2O5S/c1-22-16-9-13-14(10-17(16)23-2)19-8-7-15(13)24-11-3-5-12(6-4-11)25(18,20)21/h3-10H,1-2H3,(H2,18,20,21). The van der Waals surface area contributed by atoms with E-state index in [1.54, 1.807) is 38.6 Å². The van der Waals surface area contributed by atoms with Crippen LogP contribution >= 0.6 is 0 Å². The summed E-state index contributed by atoms with van der Waals surface area (Å²) in [4.78, 5) is 4.32. The van der Waals surface area contributed by atoms with Gasteiger partial charge in [-0.1, -0.05) is 0 Å². The van der Waals surface area contributed by atoms with E-state index in [1.165, 1.54) is 24.3 Å². The molecule has 2 aromatic carbocycles. The van der Waals surface area contributed by atoms with Gasteiger partial charge in [-0.2, -0.15) is 0 Å². The maximum absolute atomic E-state index is 11.3. The summed E-state index contributed by atoms with van der Waals surface area (Å²) in [7, 11) is -0.639. The van der Waals surface area contributed by atoms with E-state index >= 15 is 0 Å². The Kier molecular flexibility index (Phi) is 4.47. The topological polar surface area (TPSA) is 101 Å². The first kappa shape index (κ1) is 17.0. The highest BCUT2D eigenvalue weighted by molar-refractivity contribution is 7.89. The molecule has 3 aromatic rings. The van der Waals surface area contributed by atoms with Crippen LogP contribution in [-0.4, -0.2) is 27.6 Å². The molecule has 0 bridgehead atoms. The number of benzene rings is 2. The average molecular weight is 360 g/mol. The predicted octanol–water partition coefficient (Wildman–Crippen LogP) is 2.69. The Morgan fingerprint density at radius 2 is 1.56 bits per heavy atom. The van der Waals surface area contributed by atoms with E-state index in [2.05, 4.69) is 4.98 Å². The van der Waals surface area contributed by atoms with Gasteiger partial charge in [0.2, 0.25) is 10.0 Å². The molecule has 0 unspecified atom stereocenters. The van der Waals surface area contributed by atoms with Crippen LogP contribution in [0.2, 0.25) is 0 Å². The fourth-order valence-corrected chi connectivity index (χ4v) is 2.88. The van der Waals surface area contributed by atoms with Gasteiger partial charge in [0.15, 0.2) is 11.5 Å². The number of rotatable bonds is 5. The third-order valence-electron chi connectivity index (χ3n) is 3.59. The second kappa shape index (κ2) is 6.58. The Balaban J connectivity index is 2.01. The van der Waals surface area contributed by atoms with Crippen molar-refractivity contribution in [1.82, 2.24) is 4.98 Å². The summed E-state index contributed by atoms with van der Waals surface area (Å²) < 4.78 is 39.1. The van der Waals surface area contributed by atoms with Gasteiger partial charge in [-0.05, 0) is 36.4 Å². The van der Waals surface area contributed by atoms with Gasteiger partial charge in [0.25, 0.3) is 0 Å². The molecule has 0 saturated heterocycles. The van der Waals surface area contributed by atoms with Gasteiger partial charge in [0, 0.05) is 17.6 Å². The minimum absolute atomic E-state index is 0.0193. The largest absolute Gasteiger partial charge is 0.493 e. The fraction of sp³-hybridized carbons (Fsp3) is 0.118. The lowest BCUT2D eigenvalue weighted by atomic mass is 10.2. The highest BCUT2D eigenvalue weighted by atomic mass is 32.2. The van der Waals surface area contributed by atoms with Gasteiger partial charge in [0.05, 0.1) is 24.6 Å². The van der Waals surface area contributed by atoms with Crippen LogP contribution in [-0.2, 0) is 10.0 Å². The molecule has 0 saturated carbocycles. The summed E-state index contributed by atoms with van der Waals surface area (Å²) in [6.07, 6.45) is 1.61. The average Bonchev–Trinajstić information content (AvgIpc) is 2.60. The summed E-state index contributed by atoms with van der Waals surface area (Å²) >= 11 is 0. The molecule has 0 fully saturated rings. The normalized spacial score (nSPS) is 11.3. The summed E-state index contributed by atoms with van der Waals surface area (Å²) in [6, 6.07) is 11.1. The Morgan fingerprint density at radius 1 is 0.920 bits per heavy atom. The second-order valence-electron chi connectivity index (χ2n) is 5.15. The Bertz CT molecular complexity index is 1020. The van der Waals surface area contributed by atoms with Crippen molar-refractivity contribution in [3.8, 4) is 23.0 Å². The number of aromatic nitrogens is 1. The van der Waals surface area contributed by atoms with Crippen molar-refractivity contribution < 1.29 is 22.6 Å². The van der Waals surface area contributed by atoms with Crippen LogP contribution < -0.4 is 19.3 Å². The maximum Gasteiger partial charge on any atom is 0.238 e. The highest BCUT2D eigenvalue weighted by Crippen LogP contribution is 2.36. The molecule has 0 aliphatic carbocycles. The van der Waals surface area contributed by atoms with Crippen LogP contribution in [0.1, 0.15) is 0 Å². The molecule has 8 heteroatoms. The van der Waals surface area contributed by atoms with Crippen molar-refractivity contribution in [1.29, 1.82) is 0 Å². The number of pyridine rings is 1. The minimum atomic E-state index is -3.74. The molecule has 7 nitrogen and oxygen atoms in total. The van der Waals surface area contributed by atoms with Gasteiger partial charge in [0.1, 0.15) is 11.5 Å². The van der Waals surface area contributed by atoms with E-state index in [4.69, 9.17) is 19.3 Å². The number of ether oxygens (including phenoxy) is 3. The lowest BCUT2D eigenvalue weighted by Crippen LogP contribution is -2.11. The first-order valence-electron chi connectivity index (χ1n) is 7.24. The van der Waals surface area contributed by atoms with Gasteiger partial charge in [-0.3, -0.25) is 4.98 Å². The maximum atomic E-state index is 11.3. The van der Waals surface area contributed by atoms with Crippen molar-refractivity contribution in [2.45, 2.75) is 4.90 Å². The van der Waals surface area contributed by atoms with Crippen molar-refractivity contribution >= 4 is 20.9 Å². The van der Waals surface area contributed by atoms with Crippen LogP contribution in [0, 0.1) is 0 Å². The molecule has 0 radical (unpaired) electrons. The zero-order chi connectivity index (χ0) is 18.0. The molecule has 2 N–H and O–H groups in total. The van der Waals surface area contributed by atoms with Crippen molar-refractivity contribution in [3.05, 3.63) is 48.7 Å². The van der Waals surface area contributed by atoms with E-state index in [9.17, 15) is 8.42 Å². The van der Waals surface area contributed by atoms with Gasteiger partial charge in [-0.15, -0.1) is 0 Å². The first-order valence-corrected chi connectivity index (χ1v) is 8.78. The van der Waals surface area contributed by atoms with E-state index in [0.29, 0.717) is 28.5 Å². The molecule has 25 heavy (non-hydrogen) atoms. The second-order valence-corrected chi connectivity index (χ2v) is 6.71. The van der Waals surface area contributed by atoms with Crippen LogP contribution in [0.5, 0.6) is 23.0 Å². The van der Waals surface area contributed by atoms with Crippen LogP contribution in [0.4, 0.5) is 0 Å². The fourth-order valence-electron chi connectivity index (χ4n) is 2.36. The number of nitrogens with two attached hydrogens (primary N) is 1. The number of hydrogen-bond acceptors (Lipinski definition) is 6. The monoisotopic (exact) mass is 360 g/mol. The number of methoxy groups -OCH3 is 2. The number of fused-ring (bicyclic) bond motifs is 1. The number of sulfonamides is 1. The van der Waals surface area contributed by atoms with Crippen molar-refractivity contribution in [3.63, 3.8) is 0 Å². The van der Waals surface area contributed by atoms with Crippen molar-refractivity contribution in [2.24, 2.45) is 5.14 Å². The number of hydrogen-bond donors (Lipinski definition) is 1. The lowest BCUT2D eigenvalue weighted by molar-refractivity contribution is 0.355. The molecule has 3 rings (SSSR count).